The van der Waals surface area contributed by atoms with E-state index >= 15 is 0 Å². The second-order valence-electron chi connectivity index (χ2n) is 8.22. The lowest BCUT2D eigenvalue weighted by Crippen LogP contribution is -2.41. The summed E-state index contributed by atoms with van der Waals surface area (Å²) in [6.07, 6.45) is 3.22. The molecule has 2 aliphatic rings. The molecule has 1 saturated heterocycles. The average Bonchev–Trinajstić information content (AvgIpc) is 2.70. The molecular weight excluding hydrogens is 420 g/mol. The van der Waals surface area contributed by atoms with Crippen LogP contribution in [0.25, 0.3) is 0 Å². The molecule has 0 unspecified atom stereocenters. The fourth-order valence-electron chi connectivity index (χ4n) is 3.91. The van der Waals surface area contributed by atoms with Gasteiger partial charge in [0.1, 0.15) is 0 Å². The molecule has 0 N–H and O–H groups in total. The molecule has 2 aromatic carbocycles. The monoisotopic (exact) mass is 444 g/mol. The second kappa shape index (κ2) is 7.75. The lowest BCUT2D eigenvalue weighted by Gasteiger charge is -2.34. The summed E-state index contributed by atoms with van der Waals surface area (Å²) in [5.74, 6) is 0.109. The number of nitrogens with zero attached hydrogens (tertiary/aromatic N) is 2. The van der Waals surface area contributed by atoms with Crippen molar-refractivity contribution in [2.24, 2.45) is 5.92 Å². The molecule has 0 saturated carbocycles. The highest BCUT2D eigenvalue weighted by Crippen LogP contribution is 2.41. The van der Waals surface area contributed by atoms with Crippen LogP contribution in [0, 0.1) is 19.8 Å². The minimum Gasteiger partial charge on any atom is -0.338 e. The van der Waals surface area contributed by atoms with Crippen LogP contribution in [0.1, 0.15) is 30.9 Å². The molecule has 5 nitrogen and oxygen atoms in total. The van der Waals surface area contributed by atoms with Crippen LogP contribution in [0.5, 0.6) is 0 Å². The van der Waals surface area contributed by atoms with Gasteiger partial charge in [0.15, 0.2) is 4.91 Å². The van der Waals surface area contributed by atoms with Gasteiger partial charge >= 0.3 is 0 Å². The molecule has 0 atom stereocenters. The van der Waals surface area contributed by atoms with Crippen LogP contribution in [0.2, 0.25) is 5.02 Å². The van der Waals surface area contributed by atoms with Crippen molar-refractivity contribution in [2.45, 2.75) is 38.5 Å². The highest BCUT2D eigenvalue weighted by atomic mass is 35.5. The molecule has 0 aliphatic carbocycles. The first-order valence-corrected chi connectivity index (χ1v) is 12.0. The number of benzene rings is 2. The first-order chi connectivity index (χ1) is 14.2. The van der Waals surface area contributed by atoms with E-state index in [-0.39, 0.29) is 9.80 Å². The van der Waals surface area contributed by atoms with Crippen LogP contribution in [0.15, 0.2) is 52.4 Å². The molecule has 1 fully saturated rings. The van der Waals surface area contributed by atoms with Gasteiger partial charge in [-0.15, -0.1) is 0 Å². The number of fused-ring (bicyclic) bond motifs is 1. The molecule has 2 aromatic rings. The number of hydrogen-bond acceptors (Lipinski definition) is 4. The minimum absolute atomic E-state index is 0.0985. The molecule has 0 aromatic heterocycles. The molecule has 0 spiro atoms. The van der Waals surface area contributed by atoms with Gasteiger partial charge < -0.3 is 9.80 Å². The maximum Gasteiger partial charge on any atom is 0.267 e. The smallest absolute Gasteiger partial charge is 0.267 e. The Morgan fingerprint density at radius 3 is 2.40 bits per heavy atom. The summed E-state index contributed by atoms with van der Waals surface area (Å²) in [5.41, 5.74) is 3.46. The molecule has 0 radical (unpaired) electrons. The predicted octanol–water partition coefficient (Wildman–Crippen LogP) is 4.98. The van der Waals surface area contributed by atoms with Crippen molar-refractivity contribution in [3.05, 3.63) is 63.7 Å². The number of aryl methyl sites for hydroxylation is 2. The van der Waals surface area contributed by atoms with Gasteiger partial charge in [-0.05, 0) is 74.1 Å². The summed E-state index contributed by atoms with van der Waals surface area (Å²) in [6, 6.07) is 10.6. The summed E-state index contributed by atoms with van der Waals surface area (Å²) < 4.78 is 26.8. The minimum atomic E-state index is -3.95. The lowest BCUT2D eigenvalue weighted by atomic mass is 9.99. The summed E-state index contributed by atoms with van der Waals surface area (Å²) in [5, 5.41) is 0.436. The van der Waals surface area contributed by atoms with Crippen molar-refractivity contribution in [3.63, 3.8) is 0 Å². The highest BCUT2D eigenvalue weighted by Gasteiger charge is 2.38. The van der Waals surface area contributed by atoms with E-state index in [0.29, 0.717) is 29.7 Å². The molecule has 7 heteroatoms. The summed E-state index contributed by atoms with van der Waals surface area (Å²) in [6.45, 7) is 7.32. The van der Waals surface area contributed by atoms with Crippen LogP contribution in [0.3, 0.4) is 0 Å². The molecule has 30 heavy (non-hydrogen) atoms. The maximum atomic E-state index is 13.4. The van der Waals surface area contributed by atoms with E-state index in [9.17, 15) is 13.2 Å². The Bertz CT molecular complexity index is 1150. The van der Waals surface area contributed by atoms with Gasteiger partial charge in [-0.2, -0.15) is 0 Å². The largest absolute Gasteiger partial charge is 0.338 e. The lowest BCUT2D eigenvalue weighted by molar-refractivity contribution is -0.127. The predicted molar refractivity (Wildman–Crippen MR) is 120 cm³/mol. The van der Waals surface area contributed by atoms with E-state index in [1.54, 1.807) is 21.9 Å². The van der Waals surface area contributed by atoms with Crippen LogP contribution in [-0.2, 0) is 14.6 Å². The van der Waals surface area contributed by atoms with Gasteiger partial charge in [0.05, 0.1) is 10.6 Å². The van der Waals surface area contributed by atoms with Crippen molar-refractivity contribution >= 4 is 38.7 Å². The summed E-state index contributed by atoms with van der Waals surface area (Å²) in [7, 11) is -3.95. The number of amides is 1. The number of halogens is 1. The zero-order chi connectivity index (χ0) is 21.6. The number of sulfone groups is 1. The van der Waals surface area contributed by atoms with Crippen molar-refractivity contribution < 1.29 is 13.2 Å². The Labute approximate surface area is 182 Å². The quantitative estimate of drug-likeness (QED) is 0.655. The number of likely N-dealkylation sites (tertiary alicyclic amines) is 1. The molecule has 0 bridgehead atoms. The van der Waals surface area contributed by atoms with Gasteiger partial charge in [0.25, 0.3) is 5.91 Å². The molecule has 2 aliphatic heterocycles. The number of piperidine rings is 1. The fourth-order valence-corrected chi connectivity index (χ4v) is 5.59. The van der Waals surface area contributed by atoms with E-state index in [1.807, 2.05) is 32.0 Å². The third kappa shape index (κ3) is 3.63. The third-order valence-electron chi connectivity index (χ3n) is 6.06. The molecule has 158 valence electrons. The SMILES string of the molecule is Cc1ccc(N2C=C(C(=O)N3CCC(C)CC3)S(=O)(=O)c3ccc(Cl)cc32)cc1C. The Balaban J connectivity index is 1.85. The molecular formula is C23H25ClN2O3S. The molecule has 2 heterocycles. The van der Waals surface area contributed by atoms with Crippen molar-refractivity contribution in [2.75, 3.05) is 18.0 Å². The van der Waals surface area contributed by atoms with Crippen molar-refractivity contribution in [1.29, 1.82) is 0 Å². The zero-order valence-corrected chi connectivity index (χ0v) is 18.9. The third-order valence-corrected chi connectivity index (χ3v) is 8.07. The standard InChI is InChI=1S/C23H25ClN2O3S/c1-15-8-10-25(11-9-15)23(27)22-14-26(19-6-4-16(2)17(3)12-19)20-13-18(24)5-7-21(20)30(22,28)29/h4-7,12-15H,8-11H2,1-3H3. The summed E-state index contributed by atoms with van der Waals surface area (Å²) in [4.78, 5) is 16.6. The first kappa shape index (κ1) is 20.9. The van der Waals surface area contributed by atoms with Gasteiger partial charge in [-0.3, -0.25) is 4.79 Å². The average molecular weight is 445 g/mol. The van der Waals surface area contributed by atoms with Crippen molar-refractivity contribution in [3.8, 4) is 0 Å². The molecule has 4 rings (SSSR count). The maximum absolute atomic E-state index is 13.4. The highest BCUT2D eigenvalue weighted by molar-refractivity contribution is 7.96. The van der Waals surface area contributed by atoms with Gasteiger partial charge in [-0.1, -0.05) is 24.6 Å². The van der Waals surface area contributed by atoms with E-state index in [2.05, 4.69) is 6.92 Å². The topological polar surface area (TPSA) is 57.7 Å². The van der Waals surface area contributed by atoms with E-state index < -0.39 is 15.7 Å². The number of carbonyl (C=O) groups is 1. The van der Waals surface area contributed by atoms with E-state index in [0.717, 1.165) is 29.7 Å². The zero-order valence-electron chi connectivity index (χ0n) is 17.4. The van der Waals surface area contributed by atoms with Crippen LogP contribution >= 0.6 is 11.6 Å². The Morgan fingerprint density at radius 2 is 1.73 bits per heavy atom. The Kier molecular flexibility index (Phi) is 5.41. The fraction of sp³-hybridized carbons (Fsp3) is 0.348. The summed E-state index contributed by atoms with van der Waals surface area (Å²) >= 11 is 6.20. The van der Waals surface area contributed by atoms with Crippen LogP contribution in [0.4, 0.5) is 11.4 Å². The normalized spacial score (nSPS) is 18.7. The van der Waals surface area contributed by atoms with E-state index in [1.165, 1.54) is 12.3 Å². The number of carbonyl (C=O) groups excluding carboxylic acids is 1. The van der Waals surface area contributed by atoms with Gasteiger partial charge in [0.2, 0.25) is 9.84 Å². The molecule has 1 amide bonds. The number of anilines is 2. The van der Waals surface area contributed by atoms with Crippen molar-refractivity contribution in [1.82, 2.24) is 4.90 Å². The van der Waals surface area contributed by atoms with Crippen LogP contribution in [-0.4, -0.2) is 32.3 Å². The van der Waals surface area contributed by atoms with Gasteiger partial charge in [0, 0.05) is 30.0 Å². The Hall–Kier alpha value is -2.31. The Morgan fingerprint density at radius 1 is 1.03 bits per heavy atom. The number of rotatable bonds is 2. The van der Waals surface area contributed by atoms with E-state index in [4.69, 9.17) is 11.6 Å². The van der Waals surface area contributed by atoms with Crippen LogP contribution < -0.4 is 4.90 Å². The number of hydrogen-bond donors (Lipinski definition) is 0. The van der Waals surface area contributed by atoms with Gasteiger partial charge in [-0.25, -0.2) is 8.42 Å². The second-order valence-corrected chi connectivity index (χ2v) is 10.5. The first-order valence-electron chi connectivity index (χ1n) is 10.1.